The van der Waals surface area contributed by atoms with Gasteiger partial charge in [-0.15, -0.1) is 0 Å². The van der Waals surface area contributed by atoms with Crippen molar-refractivity contribution in [2.45, 2.75) is 19.8 Å². The van der Waals surface area contributed by atoms with Crippen LogP contribution >= 0.6 is 0 Å². The van der Waals surface area contributed by atoms with Crippen molar-refractivity contribution in [3.05, 3.63) is 27.7 Å². The van der Waals surface area contributed by atoms with Gasteiger partial charge in [0.05, 0.1) is 13.0 Å². The molecule has 1 aromatic heterocycles. The Balaban J connectivity index is 3.03. The molecule has 0 saturated heterocycles. The number of nitrogens with two attached hydrogens (primary N) is 1. The zero-order valence-electron chi connectivity index (χ0n) is 9.13. The maximum absolute atomic E-state index is 12.5. The van der Waals surface area contributed by atoms with Crippen molar-refractivity contribution in [3.8, 4) is 0 Å². The second-order valence-corrected chi connectivity index (χ2v) is 3.27. The molecule has 0 radical (unpaired) electrons. The number of aromatic nitrogens is 1. The minimum absolute atomic E-state index is 0.0537. The summed E-state index contributed by atoms with van der Waals surface area (Å²) in [5, 5.41) is 0. The summed E-state index contributed by atoms with van der Waals surface area (Å²) in [5.74, 6) is -0.604. The summed E-state index contributed by atoms with van der Waals surface area (Å²) in [5.41, 5.74) is 3.31. The minimum atomic E-state index is -2.90. The first kappa shape index (κ1) is 13.1. The van der Waals surface area contributed by atoms with Crippen LogP contribution in [-0.4, -0.2) is 17.6 Å². The van der Waals surface area contributed by atoms with Crippen molar-refractivity contribution in [2.24, 2.45) is 0 Å². The number of hydrogen-bond donors (Lipinski definition) is 2. The number of anilines is 1. The summed E-state index contributed by atoms with van der Waals surface area (Å²) in [6, 6.07) is 1.01. The second kappa shape index (κ2) is 5.42. The van der Waals surface area contributed by atoms with Crippen LogP contribution in [0.1, 0.15) is 24.7 Å². The van der Waals surface area contributed by atoms with E-state index < -0.39 is 29.2 Å². The lowest BCUT2D eigenvalue weighted by Crippen LogP contribution is -2.17. The number of esters is 1. The van der Waals surface area contributed by atoms with Crippen molar-refractivity contribution >= 4 is 11.7 Å². The highest BCUT2D eigenvalue weighted by Crippen LogP contribution is 2.20. The van der Waals surface area contributed by atoms with Crippen molar-refractivity contribution in [1.29, 1.82) is 0 Å². The van der Waals surface area contributed by atoms with E-state index in [9.17, 15) is 18.4 Å². The molecule has 0 aliphatic carbocycles. The maximum atomic E-state index is 12.5. The summed E-state index contributed by atoms with van der Waals surface area (Å²) >= 11 is 0. The van der Waals surface area contributed by atoms with Crippen molar-refractivity contribution in [3.63, 3.8) is 0 Å². The molecule has 0 amide bonds. The first-order valence-electron chi connectivity index (χ1n) is 4.91. The number of aromatic amines is 1. The molecule has 5 nitrogen and oxygen atoms in total. The lowest BCUT2D eigenvalue weighted by Gasteiger charge is -2.07. The lowest BCUT2D eigenvalue weighted by molar-refractivity contribution is -0.142. The molecule has 0 saturated carbocycles. The van der Waals surface area contributed by atoms with Gasteiger partial charge in [0.25, 0.3) is 6.43 Å². The summed E-state index contributed by atoms with van der Waals surface area (Å²) in [6.45, 7) is 1.80. The molecule has 0 unspecified atom stereocenters. The normalized spacial score (nSPS) is 10.6. The monoisotopic (exact) mass is 246 g/mol. The Labute approximate surface area is 95.6 Å². The van der Waals surface area contributed by atoms with E-state index in [1.807, 2.05) is 0 Å². The Morgan fingerprint density at radius 1 is 1.59 bits per heavy atom. The molecule has 0 aromatic carbocycles. The maximum Gasteiger partial charge on any atom is 0.311 e. The van der Waals surface area contributed by atoms with E-state index in [0.717, 1.165) is 6.07 Å². The van der Waals surface area contributed by atoms with E-state index >= 15 is 0 Å². The number of pyridine rings is 1. The fourth-order valence-electron chi connectivity index (χ4n) is 1.28. The molecular weight excluding hydrogens is 234 g/mol. The number of halogens is 2. The highest BCUT2D eigenvalue weighted by Gasteiger charge is 2.16. The van der Waals surface area contributed by atoms with Gasteiger partial charge in [-0.05, 0) is 6.92 Å². The first-order chi connectivity index (χ1) is 7.95. The van der Waals surface area contributed by atoms with Crippen molar-refractivity contribution in [1.82, 2.24) is 4.98 Å². The number of carbonyl (C=O) groups is 1. The van der Waals surface area contributed by atoms with E-state index in [1.165, 1.54) is 0 Å². The van der Waals surface area contributed by atoms with Crippen molar-refractivity contribution < 1.29 is 18.3 Å². The van der Waals surface area contributed by atoms with Gasteiger partial charge >= 0.3 is 5.97 Å². The third-order valence-corrected chi connectivity index (χ3v) is 2.01. The number of ether oxygens (including phenoxy) is 1. The highest BCUT2D eigenvalue weighted by molar-refractivity contribution is 5.72. The molecule has 1 rings (SSSR count). The minimum Gasteiger partial charge on any atom is -0.466 e. The van der Waals surface area contributed by atoms with Gasteiger partial charge in [0, 0.05) is 11.8 Å². The second-order valence-electron chi connectivity index (χ2n) is 3.27. The number of rotatable bonds is 4. The summed E-state index contributed by atoms with van der Waals surface area (Å²) in [6.07, 6.45) is -3.17. The van der Waals surface area contributed by atoms with Gasteiger partial charge in [-0.3, -0.25) is 9.59 Å². The number of H-pyrrole nitrogens is 1. The van der Waals surface area contributed by atoms with Crippen LogP contribution in [0.15, 0.2) is 10.9 Å². The Morgan fingerprint density at radius 2 is 2.24 bits per heavy atom. The SMILES string of the molecule is CCOC(=O)Cc1cc(=O)c(N)c(C(F)F)[nH]1. The van der Waals surface area contributed by atoms with E-state index in [2.05, 4.69) is 9.72 Å². The van der Waals surface area contributed by atoms with Gasteiger partial charge in [-0.25, -0.2) is 8.78 Å². The van der Waals surface area contributed by atoms with E-state index in [-0.39, 0.29) is 18.7 Å². The fraction of sp³-hybridized carbons (Fsp3) is 0.400. The average molecular weight is 246 g/mol. The number of alkyl halides is 2. The number of nitrogen functional groups attached to an aromatic ring is 1. The Hall–Kier alpha value is -1.92. The van der Waals surface area contributed by atoms with Gasteiger partial charge in [-0.1, -0.05) is 0 Å². The quantitative estimate of drug-likeness (QED) is 0.776. The molecule has 1 heterocycles. The Kier molecular flexibility index (Phi) is 4.19. The zero-order chi connectivity index (χ0) is 13.0. The number of nitrogens with one attached hydrogen (secondary N) is 1. The summed E-state index contributed by atoms with van der Waals surface area (Å²) in [4.78, 5) is 24.7. The molecular formula is C10H12F2N2O3. The standard InChI is InChI=1S/C10H12F2N2O3/c1-2-17-7(16)4-5-3-6(15)8(13)9(14-5)10(11)12/h3,10H,2,4,13H2,1H3,(H,14,15). The lowest BCUT2D eigenvalue weighted by atomic mass is 10.2. The van der Waals surface area contributed by atoms with Crippen LogP contribution in [0, 0.1) is 0 Å². The molecule has 0 atom stereocenters. The molecule has 1 aromatic rings. The zero-order valence-corrected chi connectivity index (χ0v) is 9.13. The van der Waals surface area contributed by atoms with Crippen LogP contribution < -0.4 is 11.2 Å². The van der Waals surface area contributed by atoms with Crippen LogP contribution in [0.4, 0.5) is 14.5 Å². The van der Waals surface area contributed by atoms with Gasteiger partial charge in [0.15, 0.2) is 0 Å². The Bertz CT molecular complexity index is 471. The summed E-state index contributed by atoms with van der Waals surface area (Å²) < 4.78 is 29.7. The predicted molar refractivity (Wildman–Crippen MR) is 56.8 cm³/mol. The number of carbonyl (C=O) groups excluding carboxylic acids is 1. The molecule has 0 aliphatic rings. The summed E-state index contributed by atoms with van der Waals surface area (Å²) in [7, 11) is 0. The largest absolute Gasteiger partial charge is 0.466 e. The molecule has 0 aliphatic heterocycles. The van der Waals surface area contributed by atoms with Gasteiger partial charge in [-0.2, -0.15) is 0 Å². The van der Waals surface area contributed by atoms with E-state index in [0.29, 0.717) is 0 Å². The van der Waals surface area contributed by atoms with Gasteiger partial charge in [0.2, 0.25) is 5.43 Å². The van der Waals surface area contributed by atoms with Gasteiger partial charge < -0.3 is 15.5 Å². The molecule has 3 N–H and O–H groups in total. The fourth-order valence-corrected chi connectivity index (χ4v) is 1.28. The molecule has 17 heavy (non-hydrogen) atoms. The number of hydrogen-bond acceptors (Lipinski definition) is 4. The van der Waals surface area contributed by atoms with E-state index in [1.54, 1.807) is 6.92 Å². The Morgan fingerprint density at radius 3 is 2.76 bits per heavy atom. The molecule has 0 fully saturated rings. The first-order valence-corrected chi connectivity index (χ1v) is 4.91. The third-order valence-electron chi connectivity index (χ3n) is 2.01. The highest BCUT2D eigenvalue weighted by atomic mass is 19.3. The van der Waals surface area contributed by atoms with Crippen molar-refractivity contribution in [2.75, 3.05) is 12.3 Å². The third kappa shape index (κ3) is 3.27. The van der Waals surface area contributed by atoms with Gasteiger partial charge in [0.1, 0.15) is 11.4 Å². The van der Waals surface area contributed by atoms with Crippen LogP contribution in [0.25, 0.3) is 0 Å². The molecule has 0 bridgehead atoms. The van der Waals surface area contributed by atoms with Crippen LogP contribution in [0.3, 0.4) is 0 Å². The van der Waals surface area contributed by atoms with Crippen LogP contribution in [0.2, 0.25) is 0 Å². The molecule has 94 valence electrons. The molecule has 0 spiro atoms. The smallest absolute Gasteiger partial charge is 0.311 e. The predicted octanol–water partition coefficient (Wildman–Crippen LogP) is 1.00. The average Bonchev–Trinajstić information content (AvgIpc) is 2.23. The van der Waals surface area contributed by atoms with E-state index in [4.69, 9.17) is 5.73 Å². The van der Waals surface area contributed by atoms with Crippen LogP contribution in [0.5, 0.6) is 0 Å². The van der Waals surface area contributed by atoms with Crippen LogP contribution in [-0.2, 0) is 16.0 Å². The topological polar surface area (TPSA) is 85.2 Å². The molecule has 7 heteroatoms.